The van der Waals surface area contributed by atoms with Crippen molar-refractivity contribution in [2.45, 2.75) is 33.4 Å². The van der Waals surface area contributed by atoms with Gasteiger partial charge < -0.3 is 14.2 Å². The Bertz CT molecular complexity index is 1930. The Hall–Kier alpha value is -3.12. The number of esters is 1. The minimum absolute atomic E-state index is 0.200. The van der Waals surface area contributed by atoms with Gasteiger partial charge in [-0.15, -0.1) is 0 Å². The monoisotopic (exact) mass is 748 g/mol. The first-order chi connectivity index (χ1) is 20.6. The third-order valence-electron chi connectivity index (χ3n) is 6.83. The third kappa shape index (κ3) is 6.55. The first-order valence-electron chi connectivity index (χ1n) is 13.3. The van der Waals surface area contributed by atoms with E-state index < -0.39 is 12.0 Å². The third-order valence-corrected chi connectivity index (χ3v) is 9.18. The van der Waals surface area contributed by atoms with Gasteiger partial charge in [-0.3, -0.25) is 9.36 Å². The Morgan fingerprint density at radius 3 is 2.51 bits per heavy atom. The van der Waals surface area contributed by atoms with Crippen LogP contribution < -0.4 is 24.4 Å². The molecule has 0 amide bonds. The molecule has 0 spiro atoms. The standard InChI is InChI=1S/C32H27Cl2IN2O5S/c1-5-41-31(39)27-18(3)36-32-37(28(27)20-9-6-17(2)7-10-20)30(38)26(43-32)14-21-13-22(35)15-25(40-4)29(21)42-16-19-8-11-23(33)24(34)12-19/h6-15,28H,5,16H2,1-4H3/b26-14-/t28-/m0/s1. The van der Waals surface area contributed by atoms with Crippen LogP contribution in [0.2, 0.25) is 10.0 Å². The summed E-state index contributed by atoms with van der Waals surface area (Å²) in [7, 11) is 1.57. The van der Waals surface area contributed by atoms with Crippen molar-refractivity contribution < 1.29 is 19.0 Å². The molecular formula is C32H27Cl2IN2O5S. The van der Waals surface area contributed by atoms with Gasteiger partial charge in [0.2, 0.25) is 0 Å². The highest BCUT2D eigenvalue weighted by Gasteiger charge is 2.33. The van der Waals surface area contributed by atoms with Gasteiger partial charge in [-0.1, -0.05) is 70.4 Å². The molecule has 0 unspecified atom stereocenters. The number of carbonyl (C=O) groups is 1. The molecule has 43 heavy (non-hydrogen) atoms. The van der Waals surface area contributed by atoms with Crippen LogP contribution >= 0.6 is 57.1 Å². The van der Waals surface area contributed by atoms with E-state index in [9.17, 15) is 9.59 Å². The molecule has 222 valence electrons. The molecule has 4 aromatic rings. The second-order valence-corrected chi connectivity index (χ2v) is 12.8. The summed E-state index contributed by atoms with van der Waals surface area (Å²) in [6.07, 6.45) is 1.77. The van der Waals surface area contributed by atoms with Crippen molar-refractivity contribution in [1.29, 1.82) is 0 Å². The fraction of sp³-hybridized carbons (Fsp3) is 0.219. The molecule has 0 saturated heterocycles. The lowest BCUT2D eigenvalue weighted by Gasteiger charge is -2.24. The van der Waals surface area contributed by atoms with Crippen LogP contribution in [0.3, 0.4) is 0 Å². The number of hydrogen-bond donors (Lipinski definition) is 0. The number of methoxy groups -OCH3 is 1. The van der Waals surface area contributed by atoms with Crippen molar-refractivity contribution in [2.75, 3.05) is 13.7 Å². The molecular weight excluding hydrogens is 722 g/mol. The number of carbonyl (C=O) groups excluding carboxylic acids is 1. The molecule has 0 aliphatic carbocycles. The SMILES string of the molecule is CCOC(=O)C1=C(C)N=c2s/c(=C\c3cc(I)cc(OC)c3OCc3ccc(Cl)c(Cl)c3)c(=O)n2[C@H]1c1ccc(C)cc1. The van der Waals surface area contributed by atoms with E-state index in [2.05, 4.69) is 27.6 Å². The van der Waals surface area contributed by atoms with E-state index in [1.807, 2.05) is 49.4 Å². The van der Waals surface area contributed by atoms with E-state index in [-0.39, 0.29) is 18.8 Å². The Morgan fingerprint density at radius 2 is 1.84 bits per heavy atom. The van der Waals surface area contributed by atoms with E-state index >= 15 is 0 Å². The normalized spacial score (nSPS) is 14.8. The number of nitrogens with zero attached hydrogens (tertiary/aromatic N) is 2. The van der Waals surface area contributed by atoms with E-state index in [1.54, 1.807) is 43.7 Å². The van der Waals surface area contributed by atoms with E-state index in [0.717, 1.165) is 20.3 Å². The van der Waals surface area contributed by atoms with Gasteiger partial charge in [-0.2, -0.15) is 0 Å². The highest BCUT2D eigenvalue weighted by molar-refractivity contribution is 14.1. The lowest BCUT2D eigenvalue weighted by Crippen LogP contribution is -2.39. The molecule has 2 heterocycles. The quantitative estimate of drug-likeness (QED) is 0.150. The molecule has 0 radical (unpaired) electrons. The highest BCUT2D eigenvalue weighted by Crippen LogP contribution is 2.35. The first-order valence-corrected chi connectivity index (χ1v) is 16.0. The Kier molecular flexibility index (Phi) is 9.65. The van der Waals surface area contributed by atoms with E-state index in [1.165, 1.54) is 11.3 Å². The maximum Gasteiger partial charge on any atom is 0.338 e. The summed E-state index contributed by atoms with van der Waals surface area (Å²) in [5, 5.41) is 0.887. The molecule has 5 rings (SSSR count). The van der Waals surface area contributed by atoms with Crippen LogP contribution in [0.25, 0.3) is 6.08 Å². The van der Waals surface area contributed by atoms with Crippen LogP contribution in [-0.2, 0) is 16.1 Å². The van der Waals surface area contributed by atoms with Crippen molar-refractivity contribution in [2.24, 2.45) is 4.99 Å². The fourth-order valence-corrected chi connectivity index (χ4v) is 6.76. The maximum atomic E-state index is 14.1. The Morgan fingerprint density at radius 1 is 1.09 bits per heavy atom. The predicted molar refractivity (Wildman–Crippen MR) is 178 cm³/mol. The van der Waals surface area contributed by atoms with Gasteiger partial charge in [0, 0.05) is 9.13 Å². The van der Waals surface area contributed by atoms with Crippen LogP contribution in [0.15, 0.2) is 75.7 Å². The van der Waals surface area contributed by atoms with Gasteiger partial charge in [-0.25, -0.2) is 9.79 Å². The van der Waals surface area contributed by atoms with Gasteiger partial charge in [0.05, 0.1) is 45.6 Å². The number of ether oxygens (including phenoxy) is 3. The molecule has 1 aromatic heterocycles. The molecule has 11 heteroatoms. The molecule has 7 nitrogen and oxygen atoms in total. The number of thiazole rings is 1. The first kappa shape index (κ1) is 31.3. The summed E-state index contributed by atoms with van der Waals surface area (Å²) < 4.78 is 20.2. The molecule has 0 N–H and O–H groups in total. The van der Waals surface area contributed by atoms with Gasteiger partial charge >= 0.3 is 5.97 Å². The summed E-state index contributed by atoms with van der Waals surface area (Å²) in [4.78, 5) is 32.4. The molecule has 0 fully saturated rings. The van der Waals surface area contributed by atoms with Gasteiger partial charge in [0.25, 0.3) is 5.56 Å². The molecule has 1 atom stereocenters. The average molecular weight is 749 g/mol. The fourth-order valence-electron chi connectivity index (χ4n) is 4.78. The van der Waals surface area contributed by atoms with Crippen molar-refractivity contribution in [3.8, 4) is 11.5 Å². The smallest absolute Gasteiger partial charge is 0.338 e. The van der Waals surface area contributed by atoms with Gasteiger partial charge in [-0.05, 0) is 84.8 Å². The largest absolute Gasteiger partial charge is 0.493 e. The zero-order chi connectivity index (χ0) is 30.8. The summed E-state index contributed by atoms with van der Waals surface area (Å²) in [6, 6.07) is 16.1. The van der Waals surface area contributed by atoms with E-state index in [0.29, 0.717) is 47.7 Å². The second-order valence-electron chi connectivity index (χ2n) is 9.78. The van der Waals surface area contributed by atoms with Gasteiger partial charge in [0.1, 0.15) is 6.61 Å². The molecule has 0 bridgehead atoms. The summed E-state index contributed by atoms with van der Waals surface area (Å²) in [5.74, 6) is 0.492. The summed E-state index contributed by atoms with van der Waals surface area (Å²) in [6.45, 7) is 5.91. The zero-order valence-electron chi connectivity index (χ0n) is 23.7. The average Bonchev–Trinajstić information content (AvgIpc) is 3.27. The number of aryl methyl sites for hydroxylation is 1. The number of allylic oxidation sites excluding steroid dienone is 1. The molecule has 3 aromatic carbocycles. The minimum atomic E-state index is -0.686. The minimum Gasteiger partial charge on any atom is -0.493 e. The number of hydrogen-bond acceptors (Lipinski definition) is 7. The van der Waals surface area contributed by atoms with Crippen LogP contribution in [0.1, 0.15) is 42.1 Å². The topological polar surface area (TPSA) is 79.1 Å². The van der Waals surface area contributed by atoms with Crippen LogP contribution in [0, 0.1) is 10.5 Å². The number of halogens is 3. The maximum absolute atomic E-state index is 14.1. The molecule has 0 saturated carbocycles. The Balaban J connectivity index is 1.65. The summed E-state index contributed by atoms with van der Waals surface area (Å²) in [5.41, 5.74) is 3.90. The number of benzene rings is 3. The van der Waals surface area contributed by atoms with Crippen LogP contribution in [0.4, 0.5) is 0 Å². The van der Waals surface area contributed by atoms with Crippen molar-refractivity contribution in [3.63, 3.8) is 0 Å². The lowest BCUT2D eigenvalue weighted by atomic mass is 9.95. The number of fused-ring (bicyclic) bond motifs is 1. The molecule has 1 aliphatic rings. The van der Waals surface area contributed by atoms with Crippen molar-refractivity contribution in [1.82, 2.24) is 4.57 Å². The second kappa shape index (κ2) is 13.3. The van der Waals surface area contributed by atoms with Gasteiger partial charge in [0.15, 0.2) is 16.3 Å². The molecule has 1 aliphatic heterocycles. The van der Waals surface area contributed by atoms with Crippen molar-refractivity contribution >= 4 is 69.2 Å². The van der Waals surface area contributed by atoms with Crippen LogP contribution in [-0.4, -0.2) is 24.3 Å². The van der Waals surface area contributed by atoms with Crippen LogP contribution in [0.5, 0.6) is 11.5 Å². The zero-order valence-corrected chi connectivity index (χ0v) is 28.2. The Labute approximate surface area is 276 Å². The number of rotatable bonds is 8. The number of aromatic nitrogens is 1. The predicted octanol–water partition coefficient (Wildman–Crippen LogP) is 6.61. The van der Waals surface area contributed by atoms with Crippen molar-refractivity contribution in [3.05, 3.63) is 121 Å². The summed E-state index contributed by atoms with van der Waals surface area (Å²) >= 11 is 15.7. The van der Waals surface area contributed by atoms with E-state index in [4.69, 9.17) is 37.4 Å². The lowest BCUT2D eigenvalue weighted by molar-refractivity contribution is -0.139. The highest BCUT2D eigenvalue weighted by atomic mass is 127.